The minimum atomic E-state index is -2.97. The zero-order valence-corrected chi connectivity index (χ0v) is 17.6. The van der Waals surface area contributed by atoms with E-state index < -0.39 is 17.9 Å². The van der Waals surface area contributed by atoms with Crippen molar-refractivity contribution in [1.29, 1.82) is 0 Å². The van der Waals surface area contributed by atoms with Gasteiger partial charge in [-0.15, -0.1) is 0 Å². The Bertz CT molecular complexity index is 1270. The molecule has 5 nitrogen and oxygen atoms in total. The van der Waals surface area contributed by atoms with Gasteiger partial charge in [0, 0.05) is 48.7 Å². The van der Waals surface area contributed by atoms with Crippen molar-refractivity contribution < 1.29 is 18.0 Å². The number of para-hydroxylation sites is 1. The molecule has 1 aliphatic rings. The quantitative estimate of drug-likeness (QED) is 0.491. The summed E-state index contributed by atoms with van der Waals surface area (Å²) in [4.78, 5) is 17.3. The summed E-state index contributed by atoms with van der Waals surface area (Å²) in [6.07, 6.45) is 3.78. The molecule has 0 spiro atoms. The van der Waals surface area contributed by atoms with Crippen LogP contribution in [0.5, 0.6) is 0 Å². The van der Waals surface area contributed by atoms with Crippen molar-refractivity contribution >= 4 is 27.6 Å². The molecule has 2 aromatic carbocycles. The largest absolute Gasteiger partial charge is 0.456 e. The molecule has 1 unspecified atom stereocenters. The first-order valence-electron chi connectivity index (χ1n) is 10.6. The van der Waals surface area contributed by atoms with E-state index in [2.05, 4.69) is 10.3 Å². The molecular weight excluding hydrogens is 412 g/mol. The zero-order valence-electron chi connectivity index (χ0n) is 17.6. The highest BCUT2D eigenvalue weighted by Gasteiger charge is 2.44. The van der Waals surface area contributed by atoms with Crippen molar-refractivity contribution in [3.05, 3.63) is 66.5 Å². The first kappa shape index (κ1) is 20.6. The van der Waals surface area contributed by atoms with Crippen molar-refractivity contribution in [3.63, 3.8) is 0 Å². The highest BCUT2D eigenvalue weighted by atomic mass is 19.3. The Morgan fingerprint density at radius 1 is 1.19 bits per heavy atom. The molecule has 1 saturated heterocycles. The summed E-state index contributed by atoms with van der Waals surface area (Å²) in [7, 11) is 0. The zero-order chi connectivity index (χ0) is 22.3. The van der Waals surface area contributed by atoms with Crippen LogP contribution < -0.4 is 5.32 Å². The van der Waals surface area contributed by atoms with Crippen LogP contribution in [0.3, 0.4) is 0 Å². The average molecular weight is 435 g/mol. The number of piperidine rings is 1. The number of alkyl halides is 2. The number of benzene rings is 2. The Morgan fingerprint density at radius 3 is 2.81 bits per heavy atom. The fourth-order valence-electron chi connectivity index (χ4n) is 4.45. The molecule has 7 heteroatoms. The normalized spacial score (nSPS) is 18.8. The number of hydrogen-bond acceptors (Lipinski definition) is 4. The second-order valence-corrected chi connectivity index (χ2v) is 8.40. The third-order valence-electron chi connectivity index (χ3n) is 5.98. The van der Waals surface area contributed by atoms with E-state index in [1.54, 1.807) is 17.3 Å². The van der Waals surface area contributed by atoms with Crippen LogP contribution in [0.15, 0.2) is 65.3 Å². The topological polar surface area (TPSA) is 58.4 Å². The molecule has 3 heterocycles. The number of carbonyl (C=O) groups excluding carboxylic acids is 1. The van der Waals surface area contributed by atoms with E-state index in [1.165, 1.54) is 6.92 Å². The van der Waals surface area contributed by atoms with Gasteiger partial charge in [0.25, 0.3) is 5.92 Å². The van der Waals surface area contributed by atoms with Crippen LogP contribution >= 0.6 is 0 Å². The lowest BCUT2D eigenvalue weighted by Gasteiger charge is -2.38. The number of furan rings is 1. The van der Waals surface area contributed by atoms with Crippen LogP contribution in [0.2, 0.25) is 0 Å². The highest BCUT2D eigenvalue weighted by molar-refractivity contribution is 5.97. The number of amides is 1. The van der Waals surface area contributed by atoms with Crippen LogP contribution in [0, 0.1) is 0 Å². The number of pyridine rings is 1. The number of fused-ring (bicyclic) bond motifs is 2. The van der Waals surface area contributed by atoms with Gasteiger partial charge in [-0.3, -0.25) is 14.7 Å². The molecule has 1 amide bonds. The molecule has 0 aliphatic carbocycles. The Kier molecular flexibility index (Phi) is 5.13. The van der Waals surface area contributed by atoms with Crippen LogP contribution in [-0.2, 0) is 11.3 Å². The molecule has 2 aromatic heterocycles. The Balaban J connectivity index is 1.42. The van der Waals surface area contributed by atoms with Gasteiger partial charge < -0.3 is 9.73 Å². The fourth-order valence-corrected chi connectivity index (χ4v) is 4.45. The Hall–Kier alpha value is -3.32. The highest BCUT2D eigenvalue weighted by Crippen LogP contribution is 2.33. The molecule has 0 saturated carbocycles. The molecule has 5 rings (SSSR count). The third kappa shape index (κ3) is 3.96. The van der Waals surface area contributed by atoms with Gasteiger partial charge in [0.2, 0.25) is 5.91 Å². The van der Waals surface area contributed by atoms with Gasteiger partial charge in [-0.25, -0.2) is 8.78 Å². The maximum absolute atomic E-state index is 14.5. The summed E-state index contributed by atoms with van der Waals surface area (Å²) in [6.45, 7) is 1.78. The van der Waals surface area contributed by atoms with Crippen molar-refractivity contribution in [2.45, 2.75) is 31.9 Å². The summed E-state index contributed by atoms with van der Waals surface area (Å²) in [6, 6.07) is 14.6. The van der Waals surface area contributed by atoms with Crippen molar-refractivity contribution in [2.75, 3.05) is 13.1 Å². The summed E-state index contributed by atoms with van der Waals surface area (Å²) in [5.74, 6) is -2.67. The van der Waals surface area contributed by atoms with E-state index in [4.69, 9.17) is 4.42 Å². The lowest BCUT2D eigenvalue weighted by atomic mass is 9.99. The maximum Gasteiger partial charge on any atom is 0.280 e. The van der Waals surface area contributed by atoms with E-state index in [-0.39, 0.29) is 13.0 Å². The molecule has 1 aliphatic heterocycles. The van der Waals surface area contributed by atoms with E-state index >= 15 is 0 Å². The van der Waals surface area contributed by atoms with Gasteiger partial charge in [-0.2, -0.15) is 0 Å². The number of nitrogens with one attached hydrogen (secondary N) is 1. The molecule has 1 fully saturated rings. The molecule has 1 N–H and O–H groups in total. The smallest absolute Gasteiger partial charge is 0.280 e. The van der Waals surface area contributed by atoms with E-state index in [0.29, 0.717) is 13.1 Å². The van der Waals surface area contributed by atoms with Gasteiger partial charge >= 0.3 is 0 Å². The molecule has 0 radical (unpaired) electrons. The van der Waals surface area contributed by atoms with Gasteiger partial charge in [-0.05, 0) is 35.6 Å². The number of rotatable bonds is 4. The minimum absolute atomic E-state index is 0.217. The number of hydrogen-bond donors (Lipinski definition) is 1. The Labute approximate surface area is 184 Å². The number of nitrogens with zero attached hydrogens (tertiary/aromatic N) is 2. The predicted octanol–water partition coefficient (Wildman–Crippen LogP) is 4.99. The number of aromatic nitrogens is 1. The maximum atomic E-state index is 14.5. The average Bonchev–Trinajstić information content (AvgIpc) is 3.19. The monoisotopic (exact) mass is 435 g/mol. The van der Waals surface area contributed by atoms with Crippen molar-refractivity contribution in [2.24, 2.45) is 0 Å². The van der Waals surface area contributed by atoms with Crippen LogP contribution in [-0.4, -0.2) is 40.8 Å². The second kappa shape index (κ2) is 7.98. The van der Waals surface area contributed by atoms with Crippen LogP contribution in [0.1, 0.15) is 18.9 Å². The first-order chi connectivity index (χ1) is 15.4. The molecular formula is C25H23F2N3O2. The number of likely N-dealkylation sites (tertiary alicyclic amines) is 1. The summed E-state index contributed by atoms with van der Waals surface area (Å²) >= 11 is 0. The summed E-state index contributed by atoms with van der Waals surface area (Å²) in [5.41, 5.74) is 2.62. The standard InChI is InChI=1S/C25H23F2N3O2/c1-16(31)29-24-8-9-30(15-25(24,26)27)14-17-6-7-19-12-28-13-21(20(19)10-17)23-11-18-4-2-3-5-22(18)32-23/h2-7,10-13,24H,8-9,14-15H2,1H3,(H,29,31). The minimum Gasteiger partial charge on any atom is -0.456 e. The van der Waals surface area contributed by atoms with Crippen molar-refractivity contribution in [3.8, 4) is 11.3 Å². The lowest BCUT2D eigenvalue weighted by Crippen LogP contribution is -2.57. The second-order valence-electron chi connectivity index (χ2n) is 8.40. The predicted molar refractivity (Wildman–Crippen MR) is 119 cm³/mol. The molecule has 164 valence electrons. The number of halogens is 2. The Morgan fingerprint density at radius 2 is 2.03 bits per heavy atom. The van der Waals surface area contributed by atoms with E-state index in [0.717, 1.165) is 38.6 Å². The third-order valence-corrected chi connectivity index (χ3v) is 5.98. The summed E-state index contributed by atoms with van der Waals surface area (Å²) < 4.78 is 35.1. The van der Waals surface area contributed by atoms with E-state index in [9.17, 15) is 13.6 Å². The van der Waals surface area contributed by atoms with Gasteiger partial charge in [0.15, 0.2) is 0 Å². The van der Waals surface area contributed by atoms with Gasteiger partial charge in [-0.1, -0.05) is 30.3 Å². The van der Waals surface area contributed by atoms with Crippen LogP contribution in [0.25, 0.3) is 33.1 Å². The molecule has 0 bridgehead atoms. The molecule has 4 aromatic rings. The SMILES string of the molecule is CC(=O)NC1CCN(Cc2ccc3cncc(-c4cc5ccccc5o4)c3c2)CC1(F)F. The van der Waals surface area contributed by atoms with Gasteiger partial charge in [0.05, 0.1) is 12.6 Å². The van der Waals surface area contributed by atoms with Crippen molar-refractivity contribution in [1.82, 2.24) is 15.2 Å². The number of carbonyl (C=O) groups is 1. The fraction of sp³-hybridized carbons (Fsp3) is 0.280. The lowest BCUT2D eigenvalue weighted by molar-refractivity contribution is -0.129. The van der Waals surface area contributed by atoms with Gasteiger partial charge in [0.1, 0.15) is 11.3 Å². The molecule has 1 atom stereocenters. The first-order valence-corrected chi connectivity index (χ1v) is 10.6. The van der Waals surface area contributed by atoms with Crippen LogP contribution in [0.4, 0.5) is 8.78 Å². The molecule has 32 heavy (non-hydrogen) atoms. The summed E-state index contributed by atoms with van der Waals surface area (Å²) in [5, 5.41) is 5.33. The van der Waals surface area contributed by atoms with E-state index in [1.807, 2.05) is 48.5 Å².